The van der Waals surface area contributed by atoms with Crippen LogP contribution in [0.2, 0.25) is 0 Å². The predicted octanol–water partition coefficient (Wildman–Crippen LogP) is 2.31. The first-order chi connectivity index (χ1) is 8.82. The molecule has 1 saturated heterocycles. The summed E-state index contributed by atoms with van der Waals surface area (Å²) in [7, 11) is 0. The second-order valence-corrected chi connectivity index (χ2v) is 6.68. The number of nitrogens with zero attached hydrogens (tertiary/aromatic N) is 2. The summed E-state index contributed by atoms with van der Waals surface area (Å²) in [5, 5.41) is 9.42. The molecule has 1 aliphatic heterocycles. The Labute approximate surface area is 116 Å². The molecule has 2 unspecified atom stereocenters. The zero-order valence-corrected chi connectivity index (χ0v) is 12.1. The van der Waals surface area contributed by atoms with Crippen LogP contribution in [0.5, 0.6) is 0 Å². The highest BCUT2D eigenvalue weighted by Crippen LogP contribution is 2.42. The fraction of sp³-hybridized carbons (Fsp3) is 0.615. The Balaban J connectivity index is 2.47. The summed E-state index contributed by atoms with van der Waals surface area (Å²) < 4.78 is 0. The van der Waals surface area contributed by atoms with Gasteiger partial charge in [-0.05, 0) is 27.2 Å². The van der Waals surface area contributed by atoms with Crippen LogP contribution in [0.3, 0.4) is 0 Å². The van der Waals surface area contributed by atoms with Crippen LogP contribution in [-0.4, -0.2) is 32.4 Å². The first kappa shape index (κ1) is 14.0. The van der Waals surface area contributed by atoms with Gasteiger partial charge in [0.2, 0.25) is 5.91 Å². The van der Waals surface area contributed by atoms with E-state index in [0.717, 1.165) is 4.88 Å². The number of likely N-dealkylation sites (tertiary alicyclic amines) is 1. The van der Waals surface area contributed by atoms with Crippen molar-refractivity contribution in [3.8, 4) is 0 Å². The SMILES string of the molecule is CC(C)(C)N1C(=O)CCC(C(=O)O)C1c1cncs1. The average molecular weight is 282 g/mol. The Morgan fingerprint density at radius 2 is 2.21 bits per heavy atom. The molecule has 2 heterocycles. The molecule has 6 heteroatoms. The van der Waals surface area contributed by atoms with Crippen molar-refractivity contribution in [2.45, 2.75) is 45.2 Å². The number of piperidine rings is 1. The van der Waals surface area contributed by atoms with Gasteiger partial charge >= 0.3 is 5.97 Å². The number of amides is 1. The van der Waals surface area contributed by atoms with Gasteiger partial charge in [-0.15, -0.1) is 11.3 Å². The van der Waals surface area contributed by atoms with Crippen LogP contribution in [0.4, 0.5) is 0 Å². The Kier molecular flexibility index (Phi) is 3.62. The number of carboxylic acid groups (broad SMARTS) is 1. The summed E-state index contributed by atoms with van der Waals surface area (Å²) >= 11 is 1.40. The van der Waals surface area contributed by atoms with Crippen LogP contribution in [0.15, 0.2) is 11.7 Å². The molecule has 1 aliphatic rings. The minimum absolute atomic E-state index is 0.0170. The third-order valence-corrected chi connectivity index (χ3v) is 4.23. The lowest BCUT2D eigenvalue weighted by Gasteiger charge is -2.46. The number of hydrogen-bond donors (Lipinski definition) is 1. The van der Waals surface area contributed by atoms with E-state index in [1.165, 1.54) is 11.3 Å². The summed E-state index contributed by atoms with van der Waals surface area (Å²) in [6.45, 7) is 5.80. The molecule has 1 N–H and O–H groups in total. The topological polar surface area (TPSA) is 70.5 Å². The van der Waals surface area contributed by atoms with Gasteiger partial charge in [0.05, 0.1) is 17.5 Å². The highest BCUT2D eigenvalue weighted by Gasteiger charge is 2.45. The third kappa shape index (κ3) is 2.63. The number of carbonyl (C=O) groups is 2. The van der Waals surface area contributed by atoms with Gasteiger partial charge in [0.1, 0.15) is 0 Å². The van der Waals surface area contributed by atoms with Gasteiger partial charge in [-0.25, -0.2) is 0 Å². The van der Waals surface area contributed by atoms with Crippen LogP contribution in [0.25, 0.3) is 0 Å². The molecule has 104 valence electrons. The highest BCUT2D eigenvalue weighted by atomic mass is 32.1. The third-order valence-electron chi connectivity index (χ3n) is 3.38. The van der Waals surface area contributed by atoms with Crippen molar-refractivity contribution in [1.82, 2.24) is 9.88 Å². The van der Waals surface area contributed by atoms with Gasteiger partial charge in [-0.1, -0.05) is 0 Å². The maximum absolute atomic E-state index is 12.2. The molecule has 1 amide bonds. The lowest BCUT2D eigenvalue weighted by atomic mass is 9.84. The second-order valence-electron chi connectivity index (χ2n) is 5.77. The van der Waals surface area contributed by atoms with Crippen LogP contribution in [0.1, 0.15) is 44.5 Å². The molecule has 1 aromatic rings. The molecule has 0 radical (unpaired) electrons. The van der Waals surface area contributed by atoms with Crippen LogP contribution >= 0.6 is 11.3 Å². The Hall–Kier alpha value is -1.43. The second kappa shape index (κ2) is 4.92. The van der Waals surface area contributed by atoms with E-state index in [1.54, 1.807) is 16.6 Å². The van der Waals surface area contributed by atoms with E-state index in [1.807, 2.05) is 20.8 Å². The highest BCUT2D eigenvalue weighted by molar-refractivity contribution is 7.09. The molecular weight excluding hydrogens is 264 g/mol. The number of carbonyl (C=O) groups excluding carboxylic acids is 1. The van der Waals surface area contributed by atoms with Crippen molar-refractivity contribution in [2.24, 2.45) is 5.92 Å². The number of carboxylic acids is 1. The van der Waals surface area contributed by atoms with Gasteiger partial charge in [-0.3, -0.25) is 14.6 Å². The maximum atomic E-state index is 12.2. The Bertz CT molecular complexity index is 479. The summed E-state index contributed by atoms with van der Waals surface area (Å²) in [5.74, 6) is -1.39. The molecule has 0 aliphatic carbocycles. The number of hydrogen-bond acceptors (Lipinski definition) is 4. The first-order valence-electron chi connectivity index (χ1n) is 6.25. The van der Waals surface area contributed by atoms with Gasteiger partial charge in [0.15, 0.2) is 0 Å². The van der Waals surface area contributed by atoms with Crippen molar-refractivity contribution in [3.63, 3.8) is 0 Å². The van der Waals surface area contributed by atoms with Gasteiger partial charge in [0.25, 0.3) is 0 Å². The first-order valence-corrected chi connectivity index (χ1v) is 7.13. The van der Waals surface area contributed by atoms with E-state index < -0.39 is 23.5 Å². The van der Waals surface area contributed by atoms with Crippen LogP contribution in [-0.2, 0) is 9.59 Å². The maximum Gasteiger partial charge on any atom is 0.308 e. The van der Waals surface area contributed by atoms with E-state index in [2.05, 4.69) is 4.98 Å². The molecule has 0 saturated carbocycles. The normalized spacial score (nSPS) is 24.6. The average Bonchev–Trinajstić information content (AvgIpc) is 2.79. The monoisotopic (exact) mass is 282 g/mol. The van der Waals surface area contributed by atoms with E-state index in [0.29, 0.717) is 12.8 Å². The lowest BCUT2D eigenvalue weighted by Crippen LogP contribution is -2.53. The fourth-order valence-corrected chi connectivity index (χ4v) is 3.41. The summed E-state index contributed by atoms with van der Waals surface area (Å²) in [4.78, 5) is 30.3. The number of rotatable bonds is 2. The summed E-state index contributed by atoms with van der Waals surface area (Å²) in [5.41, 5.74) is 1.27. The van der Waals surface area contributed by atoms with E-state index in [9.17, 15) is 14.7 Å². The minimum atomic E-state index is -0.847. The van der Waals surface area contributed by atoms with Gasteiger partial charge < -0.3 is 10.0 Å². The zero-order chi connectivity index (χ0) is 14.2. The molecule has 1 fully saturated rings. The molecule has 0 aromatic carbocycles. The number of thiazole rings is 1. The van der Waals surface area contributed by atoms with E-state index >= 15 is 0 Å². The molecule has 19 heavy (non-hydrogen) atoms. The quantitative estimate of drug-likeness (QED) is 0.903. The van der Waals surface area contributed by atoms with E-state index in [-0.39, 0.29) is 5.91 Å². The number of aromatic nitrogens is 1. The molecule has 0 spiro atoms. The smallest absolute Gasteiger partial charge is 0.308 e. The molecule has 0 bridgehead atoms. The van der Waals surface area contributed by atoms with Crippen LogP contribution < -0.4 is 0 Å². The molecule has 2 atom stereocenters. The Morgan fingerprint density at radius 1 is 1.53 bits per heavy atom. The summed E-state index contributed by atoms with van der Waals surface area (Å²) in [6.07, 6.45) is 2.36. The molecule has 1 aromatic heterocycles. The van der Waals surface area contributed by atoms with Crippen LogP contribution in [0, 0.1) is 5.92 Å². The number of aliphatic carboxylic acids is 1. The van der Waals surface area contributed by atoms with Crippen molar-refractivity contribution < 1.29 is 14.7 Å². The van der Waals surface area contributed by atoms with Crippen molar-refractivity contribution in [2.75, 3.05) is 0 Å². The van der Waals surface area contributed by atoms with Crippen molar-refractivity contribution in [3.05, 3.63) is 16.6 Å². The summed E-state index contributed by atoms with van der Waals surface area (Å²) in [6, 6.07) is -0.411. The Morgan fingerprint density at radius 3 is 2.68 bits per heavy atom. The standard InChI is InChI=1S/C13H18N2O3S/c1-13(2,3)15-10(16)5-4-8(12(17)18)11(15)9-6-14-7-19-9/h6-8,11H,4-5H2,1-3H3,(H,17,18). The molecular formula is C13H18N2O3S. The molecule has 2 rings (SSSR count). The van der Waals surface area contributed by atoms with Crippen molar-refractivity contribution >= 4 is 23.2 Å². The fourth-order valence-electron chi connectivity index (χ4n) is 2.64. The molecule has 5 nitrogen and oxygen atoms in total. The predicted molar refractivity (Wildman–Crippen MR) is 71.8 cm³/mol. The van der Waals surface area contributed by atoms with E-state index in [4.69, 9.17) is 0 Å². The lowest BCUT2D eigenvalue weighted by molar-refractivity contribution is -0.156. The van der Waals surface area contributed by atoms with Gasteiger partial charge in [-0.2, -0.15) is 0 Å². The zero-order valence-electron chi connectivity index (χ0n) is 11.3. The largest absolute Gasteiger partial charge is 0.481 e. The van der Waals surface area contributed by atoms with Gasteiger partial charge in [0, 0.05) is 23.0 Å². The van der Waals surface area contributed by atoms with Crippen molar-refractivity contribution in [1.29, 1.82) is 0 Å². The minimum Gasteiger partial charge on any atom is -0.481 e.